The Balaban J connectivity index is 3.43. The average molecular weight is 418 g/mol. The molecule has 0 heterocycles. The molecule has 0 aromatic heterocycles. The zero-order valence-corrected chi connectivity index (χ0v) is 19.7. The summed E-state index contributed by atoms with van der Waals surface area (Å²) >= 11 is 0. The predicted molar refractivity (Wildman–Crippen MR) is 123 cm³/mol. The number of ether oxygens (including phenoxy) is 3. The van der Waals surface area contributed by atoms with Gasteiger partial charge in [-0.05, 0) is 40.2 Å². The van der Waals surface area contributed by atoms with E-state index >= 15 is 0 Å². The molecule has 0 bridgehead atoms. The maximum absolute atomic E-state index is 5.78. The van der Waals surface area contributed by atoms with Crippen molar-refractivity contribution in [3.8, 4) is 0 Å². The molecule has 0 spiro atoms. The van der Waals surface area contributed by atoms with Crippen LogP contribution < -0.4 is 16.4 Å². The van der Waals surface area contributed by atoms with Gasteiger partial charge in [-0.2, -0.15) is 0 Å². The molecule has 6 nitrogen and oxygen atoms in total. The van der Waals surface area contributed by atoms with Crippen LogP contribution in [0.4, 0.5) is 0 Å². The van der Waals surface area contributed by atoms with E-state index in [0.717, 1.165) is 45.6 Å². The Labute approximate surface area is 181 Å². The molecule has 0 saturated heterocycles. The Bertz CT molecular complexity index is 303. The number of hydrogen-bond donors (Lipinski definition) is 3. The van der Waals surface area contributed by atoms with E-state index in [0.29, 0.717) is 19.8 Å². The third-order valence-electron chi connectivity index (χ3n) is 4.98. The van der Waals surface area contributed by atoms with Gasteiger partial charge in [-0.3, -0.25) is 0 Å². The summed E-state index contributed by atoms with van der Waals surface area (Å²) in [5, 5.41) is 6.78. The largest absolute Gasteiger partial charge is 0.329 e. The van der Waals surface area contributed by atoms with Crippen LogP contribution in [-0.4, -0.2) is 58.5 Å². The van der Waals surface area contributed by atoms with Gasteiger partial charge in [0.2, 0.25) is 0 Å². The van der Waals surface area contributed by atoms with Crippen molar-refractivity contribution in [2.24, 2.45) is 5.73 Å². The van der Waals surface area contributed by atoms with Crippen LogP contribution in [0.2, 0.25) is 0 Å². The third kappa shape index (κ3) is 18.3. The first-order valence-corrected chi connectivity index (χ1v) is 12.3. The predicted octanol–water partition coefficient (Wildman–Crippen LogP) is 4.18. The van der Waals surface area contributed by atoms with Gasteiger partial charge < -0.3 is 30.6 Å². The lowest BCUT2D eigenvalue weighted by atomic mass is 10.1. The van der Waals surface area contributed by atoms with Crippen molar-refractivity contribution >= 4 is 0 Å². The molecular formula is C23H51N3O3. The van der Waals surface area contributed by atoms with Crippen molar-refractivity contribution in [3.63, 3.8) is 0 Å². The highest BCUT2D eigenvalue weighted by molar-refractivity contribution is 4.59. The molecule has 29 heavy (non-hydrogen) atoms. The van der Waals surface area contributed by atoms with Gasteiger partial charge >= 0.3 is 0 Å². The highest BCUT2D eigenvalue weighted by atomic mass is 16.9. The molecule has 0 aliphatic carbocycles. The normalized spacial score (nSPS) is 12.0. The van der Waals surface area contributed by atoms with Crippen LogP contribution in [0.25, 0.3) is 0 Å². The molecule has 0 aliphatic heterocycles. The summed E-state index contributed by atoms with van der Waals surface area (Å²) in [7, 11) is 0. The van der Waals surface area contributed by atoms with E-state index in [4.69, 9.17) is 19.9 Å². The van der Waals surface area contributed by atoms with Gasteiger partial charge in [-0.25, -0.2) is 0 Å². The van der Waals surface area contributed by atoms with Gasteiger partial charge in [0.15, 0.2) is 0 Å². The summed E-state index contributed by atoms with van der Waals surface area (Å²) in [6.45, 7) is 12.6. The van der Waals surface area contributed by atoms with Crippen LogP contribution in [0.5, 0.6) is 0 Å². The number of nitrogens with two attached hydrogens (primary N) is 1. The Morgan fingerprint density at radius 3 is 1.41 bits per heavy atom. The van der Waals surface area contributed by atoms with Crippen LogP contribution >= 0.6 is 0 Å². The number of hydrogen-bond acceptors (Lipinski definition) is 6. The van der Waals surface area contributed by atoms with Crippen molar-refractivity contribution in [1.29, 1.82) is 0 Å². The van der Waals surface area contributed by atoms with E-state index in [-0.39, 0.29) is 0 Å². The second kappa shape index (κ2) is 22.4. The summed E-state index contributed by atoms with van der Waals surface area (Å²) in [5.41, 5.74) is 5.44. The van der Waals surface area contributed by atoms with Crippen LogP contribution in [0.15, 0.2) is 0 Å². The van der Waals surface area contributed by atoms with Crippen molar-refractivity contribution < 1.29 is 14.2 Å². The lowest BCUT2D eigenvalue weighted by Crippen LogP contribution is -2.39. The SMILES string of the molecule is CCOC(CCCCCCCCCCCCNCCNCCN)(OCC)OCC. The summed E-state index contributed by atoms with van der Waals surface area (Å²) in [6.07, 6.45) is 13.9. The maximum Gasteiger partial charge on any atom is 0.282 e. The minimum Gasteiger partial charge on any atom is -0.329 e. The lowest BCUT2D eigenvalue weighted by Gasteiger charge is -2.32. The van der Waals surface area contributed by atoms with Crippen LogP contribution in [-0.2, 0) is 14.2 Å². The fourth-order valence-corrected chi connectivity index (χ4v) is 3.54. The molecular weight excluding hydrogens is 366 g/mol. The van der Waals surface area contributed by atoms with E-state index in [1.165, 1.54) is 57.8 Å². The smallest absolute Gasteiger partial charge is 0.282 e. The van der Waals surface area contributed by atoms with Gasteiger partial charge in [0.05, 0.1) is 0 Å². The van der Waals surface area contributed by atoms with E-state index < -0.39 is 5.97 Å². The second-order valence-corrected chi connectivity index (χ2v) is 7.56. The van der Waals surface area contributed by atoms with Gasteiger partial charge in [-0.15, -0.1) is 0 Å². The number of nitrogens with one attached hydrogen (secondary N) is 2. The van der Waals surface area contributed by atoms with Crippen LogP contribution in [0.1, 0.15) is 91.4 Å². The summed E-state index contributed by atoms with van der Waals surface area (Å²) in [4.78, 5) is 0. The Morgan fingerprint density at radius 1 is 0.552 bits per heavy atom. The molecule has 0 amide bonds. The minimum atomic E-state index is -0.825. The lowest BCUT2D eigenvalue weighted by molar-refractivity contribution is -0.380. The number of unbranched alkanes of at least 4 members (excludes halogenated alkanes) is 9. The molecule has 0 aromatic carbocycles. The average Bonchev–Trinajstić information content (AvgIpc) is 2.71. The third-order valence-corrected chi connectivity index (χ3v) is 4.98. The zero-order valence-electron chi connectivity index (χ0n) is 19.7. The topological polar surface area (TPSA) is 77.8 Å². The molecule has 0 rings (SSSR count). The van der Waals surface area contributed by atoms with Gasteiger partial charge in [0.25, 0.3) is 5.97 Å². The van der Waals surface area contributed by atoms with Crippen molar-refractivity contribution in [3.05, 3.63) is 0 Å². The fourth-order valence-electron chi connectivity index (χ4n) is 3.54. The van der Waals surface area contributed by atoms with Crippen LogP contribution in [0, 0.1) is 0 Å². The van der Waals surface area contributed by atoms with Crippen LogP contribution in [0.3, 0.4) is 0 Å². The molecule has 4 N–H and O–H groups in total. The summed E-state index contributed by atoms with van der Waals surface area (Å²) in [5.74, 6) is -0.825. The second-order valence-electron chi connectivity index (χ2n) is 7.56. The summed E-state index contributed by atoms with van der Waals surface area (Å²) in [6, 6.07) is 0. The Morgan fingerprint density at radius 2 is 0.966 bits per heavy atom. The molecule has 0 aliphatic rings. The maximum atomic E-state index is 5.78. The number of rotatable bonds is 24. The van der Waals surface area contributed by atoms with Gasteiger partial charge in [0, 0.05) is 52.4 Å². The van der Waals surface area contributed by atoms with Crippen molar-refractivity contribution in [2.45, 2.75) is 97.4 Å². The van der Waals surface area contributed by atoms with Gasteiger partial charge in [0.1, 0.15) is 0 Å². The first-order valence-electron chi connectivity index (χ1n) is 12.3. The molecule has 176 valence electrons. The highest BCUT2D eigenvalue weighted by Crippen LogP contribution is 2.24. The first kappa shape index (κ1) is 28.8. The molecule has 0 saturated carbocycles. The molecule has 0 atom stereocenters. The monoisotopic (exact) mass is 417 g/mol. The van der Waals surface area contributed by atoms with E-state index in [9.17, 15) is 0 Å². The zero-order chi connectivity index (χ0) is 21.5. The standard InChI is InChI=1S/C23H51N3O3/c1-4-27-23(28-5-2,29-6-3)17-15-13-11-9-7-8-10-12-14-16-19-25-21-22-26-20-18-24/h25-26H,4-22,24H2,1-3H3. The van der Waals surface area contributed by atoms with Crippen molar-refractivity contribution in [1.82, 2.24) is 10.6 Å². The molecule has 6 heteroatoms. The summed E-state index contributed by atoms with van der Waals surface area (Å²) < 4.78 is 17.3. The van der Waals surface area contributed by atoms with E-state index in [2.05, 4.69) is 10.6 Å². The van der Waals surface area contributed by atoms with E-state index in [1.807, 2.05) is 20.8 Å². The molecule has 0 unspecified atom stereocenters. The van der Waals surface area contributed by atoms with E-state index in [1.54, 1.807) is 0 Å². The Hall–Kier alpha value is -0.240. The molecule has 0 radical (unpaired) electrons. The van der Waals surface area contributed by atoms with Gasteiger partial charge in [-0.1, -0.05) is 51.4 Å². The first-order chi connectivity index (χ1) is 14.2. The fraction of sp³-hybridized carbons (Fsp3) is 1.00. The quantitative estimate of drug-likeness (QED) is 0.162. The Kier molecular flexibility index (Phi) is 22.3. The minimum absolute atomic E-state index is 0.613. The molecule has 0 aromatic rings. The van der Waals surface area contributed by atoms with Crippen molar-refractivity contribution in [2.75, 3.05) is 52.5 Å². The highest BCUT2D eigenvalue weighted by Gasteiger charge is 2.31. The molecule has 0 fully saturated rings.